The Morgan fingerprint density at radius 1 is 1.19 bits per heavy atom. The Bertz CT molecular complexity index is 387. The minimum atomic E-state index is -4.23. The van der Waals surface area contributed by atoms with Gasteiger partial charge in [0.1, 0.15) is 0 Å². The SMILES string of the molecule is CC(C)c1ccc(C2CC2)cc1C(F)(F)F. The third-order valence-corrected chi connectivity index (χ3v) is 3.05. The largest absolute Gasteiger partial charge is 0.416 e. The minimum absolute atomic E-state index is 0.0927. The Labute approximate surface area is 93.5 Å². The lowest BCUT2D eigenvalue weighted by molar-refractivity contribution is -0.138. The van der Waals surface area contributed by atoms with Crippen molar-refractivity contribution < 1.29 is 13.2 Å². The zero-order chi connectivity index (χ0) is 11.9. The van der Waals surface area contributed by atoms with E-state index in [0.717, 1.165) is 18.4 Å². The topological polar surface area (TPSA) is 0 Å². The molecule has 0 N–H and O–H groups in total. The fourth-order valence-corrected chi connectivity index (χ4v) is 1.99. The van der Waals surface area contributed by atoms with Gasteiger partial charge < -0.3 is 0 Å². The van der Waals surface area contributed by atoms with Crippen molar-refractivity contribution in [3.8, 4) is 0 Å². The zero-order valence-electron chi connectivity index (χ0n) is 9.43. The lowest BCUT2D eigenvalue weighted by Gasteiger charge is -2.16. The maximum atomic E-state index is 12.9. The van der Waals surface area contributed by atoms with Gasteiger partial charge in [-0.15, -0.1) is 0 Å². The molecule has 1 aliphatic carbocycles. The van der Waals surface area contributed by atoms with Crippen LogP contribution in [0.25, 0.3) is 0 Å². The molecule has 0 saturated heterocycles. The molecule has 0 bridgehead atoms. The van der Waals surface area contributed by atoms with Crippen LogP contribution >= 0.6 is 0 Å². The summed E-state index contributed by atoms with van der Waals surface area (Å²) >= 11 is 0. The van der Waals surface area contributed by atoms with Crippen molar-refractivity contribution in [1.82, 2.24) is 0 Å². The predicted molar refractivity (Wildman–Crippen MR) is 57.5 cm³/mol. The molecule has 1 fully saturated rings. The molecule has 88 valence electrons. The molecule has 0 aromatic heterocycles. The predicted octanol–water partition coefficient (Wildman–Crippen LogP) is 4.71. The van der Waals surface area contributed by atoms with Crippen molar-refractivity contribution in [3.05, 3.63) is 34.9 Å². The first-order valence-electron chi connectivity index (χ1n) is 5.60. The number of rotatable bonds is 2. The van der Waals surface area contributed by atoms with Crippen molar-refractivity contribution in [2.75, 3.05) is 0 Å². The monoisotopic (exact) mass is 228 g/mol. The molecule has 1 saturated carbocycles. The lowest BCUT2D eigenvalue weighted by atomic mass is 9.94. The smallest absolute Gasteiger partial charge is 0.166 e. The van der Waals surface area contributed by atoms with Crippen molar-refractivity contribution in [2.24, 2.45) is 0 Å². The quantitative estimate of drug-likeness (QED) is 0.687. The van der Waals surface area contributed by atoms with E-state index >= 15 is 0 Å². The van der Waals surface area contributed by atoms with Crippen LogP contribution in [0.1, 0.15) is 55.2 Å². The Kier molecular flexibility index (Phi) is 2.72. The van der Waals surface area contributed by atoms with Crippen LogP contribution in [0.2, 0.25) is 0 Å². The summed E-state index contributed by atoms with van der Waals surface area (Å²) in [6, 6.07) is 4.83. The van der Waals surface area contributed by atoms with E-state index < -0.39 is 11.7 Å². The number of hydrogen-bond acceptors (Lipinski definition) is 0. The summed E-state index contributed by atoms with van der Waals surface area (Å²) in [5, 5.41) is 0. The van der Waals surface area contributed by atoms with Crippen LogP contribution in [-0.4, -0.2) is 0 Å². The first kappa shape index (κ1) is 11.5. The van der Waals surface area contributed by atoms with Gasteiger partial charge in [0.2, 0.25) is 0 Å². The van der Waals surface area contributed by atoms with Gasteiger partial charge in [0.15, 0.2) is 0 Å². The van der Waals surface area contributed by atoms with Crippen LogP contribution in [0.5, 0.6) is 0 Å². The molecule has 16 heavy (non-hydrogen) atoms. The van der Waals surface area contributed by atoms with E-state index in [1.165, 1.54) is 6.07 Å². The maximum Gasteiger partial charge on any atom is 0.416 e. The minimum Gasteiger partial charge on any atom is -0.166 e. The molecule has 2 rings (SSSR count). The van der Waals surface area contributed by atoms with Gasteiger partial charge in [-0.05, 0) is 41.9 Å². The Balaban J connectivity index is 2.46. The first-order valence-corrected chi connectivity index (χ1v) is 5.60. The fourth-order valence-electron chi connectivity index (χ4n) is 1.99. The van der Waals surface area contributed by atoms with Crippen LogP contribution < -0.4 is 0 Å². The molecule has 1 aromatic rings. The van der Waals surface area contributed by atoms with Gasteiger partial charge in [-0.3, -0.25) is 0 Å². The highest BCUT2D eigenvalue weighted by Gasteiger charge is 2.35. The van der Waals surface area contributed by atoms with E-state index in [9.17, 15) is 13.2 Å². The summed E-state index contributed by atoms with van der Waals surface area (Å²) in [6.45, 7) is 3.59. The van der Waals surface area contributed by atoms with Gasteiger partial charge >= 0.3 is 6.18 Å². The Morgan fingerprint density at radius 3 is 2.25 bits per heavy atom. The molecule has 3 heteroatoms. The molecule has 0 aliphatic heterocycles. The average Bonchev–Trinajstić information content (AvgIpc) is 2.98. The number of alkyl halides is 3. The van der Waals surface area contributed by atoms with E-state index in [-0.39, 0.29) is 5.92 Å². The molecular weight excluding hydrogens is 213 g/mol. The van der Waals surface area contributed by atoms with Gasteiger partial charge in [0.05, 0.1) is 5.56 Å². The first-order chi connectivity index (χ1) is 7.39. The number of benzene rings is 1. The molecule has 0 unspecified atom stereocenters. The van der Waals surface area contributed by atoms with Crippen LogP contribution in [0.15, 0.2) is 18.2 Å². The molecule has 0 atom stereocenters. The lowest BCUT2D eigenvalue weighted by Crippen LogP contribution is -2.10. The third kappa shape index (κ3) is 2.23. The van der Waals surface area contributed by atoms with Crippen LogP contribution in [-0.2, 0) is 6.18 Å². The standard InChI is InChI=1S/C13H15F3/c1-8(2)11-6-5-10(9-3-4-9)7-12(11)13(14,15)16/h5-9H,3-4H2,1-2H3. The fraction of sp³-hybridized carbons (Fsp3) is 0.538. The highest BCUT2D eigenvalue weighted by Crippen LogP contribution is 2.43. The van der Waals surface area contributed by atoms with E-state index in [1.54, 1.807) is 19.9 Å². The summed E-state index contributed by atoms with van der Waals surface area (Å²) in [6.07, 6.45) is -2.18. The second-order valence-electron chi connectivity index (χ2n) is 4.77. The Morgan fingerprint density at radius 2 is 1.81 bits per heavy atom. The van der Waals surface area contributed by atoms with Crippen molar-refractivity contribution in [1.29, 1.82) is 0 Å². The second kappa shape index (κ2) is 3.79. The highest BCUT2D eigenvalue weighted by atomic mass is 19.4. The van der Waals surface area contributed by atoms with Gasteiger partial charge in [0, 0.05) is 0 Å². The third-order valence-electron chi connectivity index (χ3n) is 3.05. The van der Waals surface area contributed by atoms with Gasteiger partial charge in [0.25, 0.3) is 0 Å². The summed E-state index contributed by atoms with van der Waals surface area (Å²) < 4.78 is 38.6. The van der Waals surface area contributed by atoms with Crippen LogP contribution in [0, 0.1) is 0 Å². The molecule has 0 nitrogen and oxygen atoms in total. The van der Waals surface area contributed by atoms with Crippen LogP contribution in [0.3, 0.4) is 0 Å². The molecule has 1 aromatic carbocycles. The van der Waals surface area contributed by atoms with Gasteiger partial charge in [-0.1, -0.05) is 26.0 Å². The summed E-state index contributed by atoms with van der Waals surface area (Å²) in [5.41, 5.74) is 0.792. The Hall–Kier alpha value is -0.990. The van der Waals surface area contributed by atoms with Crippen molar-refractivity contribution >= 4 is 0 Å². The maximum absolute atomic E-state index is 12.9. The molecule has 0 heterocycles. The summed E-state index contributed by atoms with van der Waals surface area (Å²) in [5.74, 6) is 0.271. The van der Waals surface area contributed by atoms with E-state index in [4.69, 9.17) is 0 Å². The van der Waals surface area contributed by atoms with Gasteiger partial charge in [-0.25, -0.2) is 0 Å². The normalized spacial score (nSPS) is 16.9. The second-order valence-corrected chi connectivity index (χ2v) is 4.77. The molecular formula is C13H15F3. The highest BCUT2D eigenvalue weighted by molar-refractivity contribution is 5.38. The van der Waals surface area contributed by atoms with Gasteiger partial charge in [-0.2, -0.15) is 13.2 Å². The van der Waals surface area contributed by atoms with Crippen molar-refractivity contribution in [2.45, 2.75) is 44.7 Å². The average molecular weight is 228 g/mol. The molecule has 0 amide bonds. The summed E-state index contributed by atoms with van der Waals surface area (Å²) in [4.78, 5) is 0. The molecule has 0 spiro atoms. The van der Waals surface area contributed by atoms with E-state index in [0.29, 0.717) is 11.5 Å². The number of halogens is 3. The zero-order valence-corrected chi connectivity index (χ0v) is 9.43. The molecule has 1 aliphatic rings. The molecule has 0 radical (unpaired) electrons. The van der Waals surface area contributed by atoms with Crippen LogP contribution in [0.4, 0.5) is 13.2 Å². The van der Waals surface area contributed by atoms with Crippen molar-refractivity contribution in [3.63, 3.8) is 0 Å². The number of hydrogen-bond donors (Lipinski definition) is 0. The summed E-state index contributed by atoms with van der Waals surface area (Å²) in [7, 11) is 0. The van der Waals surface area contributed by atoms with E-state index in [1.807, 2.05) is 6.07 Å². The van der Waals surface area contributed by atoms with E-state index in [2.05, 4.69) is 0 Å².